The fourth-order valence-electron chi connectivity index (χ4n) is 15.9. The normalized spacial score (nSPS) is 29.2. The number of hydrogen-bond donors (Lipinski definition) is 22. The molecule has 3 saturated heterocycles. The summed E-state index contributed by atoms with van der Waals surface area (Å²) in [5, 5.41) is 159. The van der Waals surface area contributed by atoms with Gasteiger partial charge in [-0.05, 0) is 146 Å². The minimum absolute atomic E-state index is 0.0199. The molecule has 3 unspecified atom stereocenters. The van der Waals surface area contributed by atoms with Gasteiger partial charge in [-0.2, -0.15) is 0 Å². The number of carboxylic acid groups (broad SMARTS) is 1. The summed E-state index contributed by atoms with van der Waals surface area (Å²) < 4.78 is 93.5. The number of fused-ring (bicyclic) bond motifs is 15. The number of amides is 7. The van der Waals surface area contributed by atoms with Crippen LogP contribution in [0.25, 0.3) is 22.4 Å². The summed E-state index contributed by atoms with van der Waals surface area (Å²) in [6.45, 7) is 5.05. The number of nitrogens with one attached hydrogen (secondary N) is 8. The average Bonchev–Trinajstić information content (AvgIpc) is 0.760. The van der Waals surface area contributed by atoms with Crippen molar-refractivity contribution in [1.82, 2.24) is 47.5 Å². The number of alkyl halides is 3. The molecule has 0 saturated carbocycles. The lowest BCUT2D eigenvalue weighted by Crippen LogP contribution is -2.65. The lowest BCUT2D eigenvalue weighted by molar-refractivity contribution is -0.350. The predicted octanol–water partition coefficient (Wildman–Crippen LogP) is 1.69. The Balaban J connectivity index is 0.939. The van der Waals surface area contributed by atoms with E-state index in [1.807, 2.05) is 0 Å². The molecule has 1 aromatic heterocycles. The summed E-state index contributed by atoms with van der Waals surface area (Å²) >= 11 is 14.5. The number of carboxylic acids is 1. The van der Waals surface area contributed by atoms with Crippen molar-refractivity contribution in [3.63, 3.8) is 0 Å². The van der Waals surface area contributed by atoms with E-state index in [4.69, 9.17) is 72.6 Å². The van der Waals surface area contributed by atoms with E-state index in [-0.39, 0.29) is 43.0 Å². The number of aliphatic hydroxyl groups is 8. The Kier molecular flexibility index (Phi) is 29.4. The Morgan fingerprint density at radius 3 is 1.92 bits per heavy atom. The monoisotopic (exact) mass is 1860 g/mol. The maximum absolute atomic E-state index is 16.4. The van der Waals surface area contributed by atoms with Crippen LogP contribution in [-0.2, 0) is 68.6 Å². The van der Waals surface area contributed by atoms with Crippen LogP contribution in [0.2, 0.25) is 10.0 Å². The molecule has 7 amide bonds. The number of halogens is 5. The lowest BCUT2D eigenvalue weighted by atomic mass is 9.86. The summed E-state index contributed by atoms with van der Waals surface area (Å²) in [4.78, 5) is 125. The van der Waals surface area contributed by atoms with E-state index in [0.717, 1.165) is 78.9 Å². The number of likely N-dealkylation sites (N-methyl/N-ethyl adjacent to an activating group) is 1. The van der Waals surface area contributed by atoms with Crippen molar-refractivity contribution in [3.8, 4) is 74.1 Å². The van der Waals surface area contributed by atoms with Crippen LogP contribution < -0.4 is 72.9 Å². The predicted molar refractivity (Wildman–Crippen MR) is 443 cm³/mol. The van der Waals surface area contributed by atoms with Crippen LogP contribution in [-0.4, -0.2) is 250 Å². The summed E-state index contributed by atoms with van der Waals surface area (Å²) in [7, 11) is 1.45. The Morgan fingerprint density at radius 2 is 1.31 bits per heavy atom. The van der Waals surface area contributed by atoms with Gasteiger partial charge < -0.3 is 158 Å². The Morgan fingerprint density at radius 1 is 0.677 bits per heavy atom. The number of benzene rings is 6. The summed E-state index contributed by atoms with van der Waals surface area (Å²) in [5.41, 5.74) is 9.19. The molecular weight excluding hydrogens is 1770 g/mol. The van der Waals surface area contributed by atoms with Gasteiger partial charge in [-0.25, -0.2) is 4.79 Å². The van der Waals surface area contributed by atoms with E-state index in [1.54, 1.807) is 26.0 Å². The fourth-order valence-corrected chi connectivity index (χ4v) is 16.3. The molecule has 40 nitrogen and oxygen atoms in total. The zero-order chi connectivity index (χ0) is 94.1. The number of carbonyl (C=O) groups is 8. The zero-order valence-electron chi connectivity index (χ0n) is 69.4. The van der Waals surface area contributed by atoms with Crippen LogP contribution in [0.3, 0.4) is 0 Å². The highest BCUT2D eigenvalue weighted by atomic mass is 35.5. The molecule has 8 aliphatic rings. The summed E-state index contributed by atoms with van der Waals surface area (Å²) in [6, 6.07) is 6.75. The van der Waals surface area contributed by atoms with Gasteiger partial charge in [-0.3, -0.25) is 38.5 Å². The number of aromatic nitrogens is 1. The lowest BCUT2D eigenvalue weighted by Gasteiger charge is -2.46. The number of rotatable bonds is 21. The first-order chi connectivity index (χ1) is 61.5. The standard InChI is InChI=1S/C85H94Cl2F3N11O29/c1-32(2)18-47(93-5)75(114)100-63-65(107)37-10-16-51(44(86)20-37)123-53-22-39-23-54(72(53)128-83-70(112)68(110)73(56(31-102)126-83)129-82-69(111)67(109)66(108)55(125-82)30-94-28-34-6-14-46(95-29-34)35-7-12-41(13-8-35)130-85(88,89)90)124-52-17-11-38(21-45(52)87)71(127-58-27-84(4,92)74(113)33(3)122-58)64-80(119)99-62(81(120)121)43-24-40(103)25-50(105)59(43)42-19-36(9-15-49(42)104)60(77(116)101-64)98-78(117)61(39)97-76(115)48(26-57(91)106)96-79(63)118/h6-17,19-25,29,32-33,47-48,55-56,58,60-71,73-74,82-83,93-94,102-105,107-113H,18,26-28,30-31,92H2,1-5H3,(H2,91,106)(H,96,118)(H,97,115)(H,98,117)(H,99,119)(H,100,114)(H,101,116)(H,120,121)/t33-,47+,48?,55+,56+,58-,60+,61+,62?,63?,64-,65+,66-,67-,68+,69+,70+,71+,73+,74-,82-,83-,84-/m0/s1. The summed E-state index contributed by atoms with van der Waals surface area (Å²) in [5.74, 6) is -17.5. The van der Waals surface area contributed by atoms with Crippen molar-refractivity contribution in [2.75, 3.05) is 20.2 Å². The highest BCUT2D eigenvalue weighted by Gasteiger charge is 2.53. The van der Waals surface area contributed by atoms with E-state index in [0.29, 0.717) is 16.8 Å². The van der Waals surface area contributed by atoms with Gasteiger partial charge in [0.2, 0.25) is 53.4 Å². The van der Waals surface area contributed by atoms with E-state index in [1.165, 1.54) is 51.4 Å². The number of aromatic hydroxyl groups is 3. The van der Waals surface area contributed by atoms with Crippen LogP contribution in [0.15, 0.2) is 121 Å². The fraction of sp³-hybridized carbons (Fsp3) is 0.424. The minimum atomic E-state index is -4.91. The molecule has 11 bridgehead atoms. The number of pyridine rings is 1. The van der Waals surface area contributed by atoms with Crippen LogP contribution in [0.5, 0.6) is 51.7 Å². The number of aliphatic carboxylic acids is 1. The smallest absolute Gasteiger partial charge is 0.508 e. The number of phenols is 3. The molecule has 23 atom stereocenters. The largest absolute Gasteiger partial charge is 0.573 e. The molecule has 0 aliphatic carbocycles. The minimum Gasteiger partial charge on any atom is -0.508 e. The van der Waals surface area contributed by atoms with Crippen LogP contribution in [0.1, 0.15) is 111 Å². The Labute approximate surface area is 746 Å². The maximum Gasteiger partial charge on any atom is 0.573 e. The van der Waals surface area contributed by atoms with Crippen LogP contribution >= 0.6 is 23.2 Å². The van der Waals surface area contributed by atoms with E-state index < -0.39 is 296 Å². The van der Waals surface area contributed by atoms with E-state index in [2.05, 4.69) is 52.3 Å². The molecule has 3 fully saturated rings. The van der Waals surface area contributed by atoms with Gasteiger partial charge in [-0.1, -0.05) is 61.3 Å². The summed E-state index contributed by atoms with van der Waals surface area (Å²) in [6.07, 6.45) is -33.4. The third-order valence-corrected chi connectivity index (χ3v) is 23.2. The number of ether oxygens (including phenoxy) is 9. The Hall–Kier alpha value is -11.4. The number of primary amides is 1. The highest BCUT2D eigenvalue weighted by Crippen LogP contribution is 2.51. The molecule has 15 rings (SSSR count). The quantitative estimate of drug-likeness (QED) is 0.0487. The first-order valence-corrected chi connectivity index (χ1v) is 41.4. The van der Waals surface area contributed by atoms with E-state index in [9.17, 15) is 88.8 Å². The van der Waals surface area contributed by atoms with Gasteiger partial charge in [0.15, 0.2) is 30.1 Å². The number of carbonyl (C=O) groups excluding carboxylic acids is 7. The maximum atomic E-state index is 16.4. The zero-order valence-corrected chi connectivity index (χ0v) is 70.9. The second-order valence-corrected chi connectivity index (χ2v) is 33.4. The molecule has 9 heterocycles. The first kappa shape index (κ1) is 96.1. The van der Waals surface area contributed by atoms with Gasteiger partial charge in [-0.15, -0.1) is 13.2 Å². The SMILES string of the molecule is CN[C@H](CC(C)C)C(=O)NC1C(=O)NC(CC(N)=O)C(=O)N[C@H]2C(=O)N[C@H]3C(=O)N[C@H](C(=O)NC(C(=O)O)c4cc(O)cc(O)c4-c4cc3ccc4O)[C@H](O[C@H]3C[C@](C)(N)[C@@H](O)[C@H](C)O3)c3ccc(c(Cl)c3)Oc3cc2cc(c3O[C@@H]2O[C@H](CO)[C@@H](O[C@@H]3O[C@H](CNCc4ccc(-c5ccc(OC(F)(F)F)cc5)nc4)[C@H](O)[C@H](O)[C@H]3O)[C@H](O)[C@H]2O)Oc2ccc(cc2Cl)[C@H]1O. The number of phenolic OH excluding ortho intramolecular Hbond substituents is 3. The van der Waals surface area contributed by atoms with Gasteiger partial charge in [0.1, 0.15) is 126 Å². The topological polar surface area (TPSA) is 624 Å². The molecule has 698 valence electrons. The van der Waals surface area contributed by atoms with Crippen molar-refractivity contribution in [1.29, 1.82) is 0 Å². The first-order valence-electron chi connectivity index (χ1n) is 40.6. The molecule has 0 spiro atoms. The number of aliphatic hydroxyl groups excluding tert-OH is 8. The second-order valence-electron chi connectivity index (χ2n) is 32.6. The third kappa shape index (κ3) is 21.4. The van der Waals surface area contributed by atoms with Crippen LogP contribution in [0.4, 0.5) is 13.2 Å². The van der Waals surface area contributed by atoms with Crippen molar-refractivity contribution in [3.05, 3.63) is 165 Å². The van der Waals surface area contributed by atoms with Gasteiger partial charge >= 0.3 is 12.3 Å². The average molecular weight is 1860 g/mol. The van der Waals surface area contributed by atoms with Gasteiger partial charge in [0.25, 0.3) is 0 Å². The Bertz CT molecular complexity index is 5400. The highest BCUT2D eigenvalue weighted by molar-refractivity contribution is 6.32. The van der Waals surface area contributed by atoms with Crippen molar-refractivity contribution < 1.29 is 155 Å². The molecule has 0 radical (unpaired) electrons. The number of nitrogens with two attached hydrogens (primary N) is 2. The molecule has 7 aromatic rings. The molecule has 45 heteroatoms. The van der Waals surface area contributed by atoms with Crippen molar-refractivity contribution >= 4 is 70.5 Å². The second kappa shape index (κ2) is 39.7. The number of hydrogen-bond acceptors (Lipinski definition) is 32. The van der Waals surface area contributed by atoms with Gasteiger partial charge in [0, 0.05) is 59.6 Å². The molecule has 24 N–H and O–H groups in total. The molecule has 130 heavy (non-hydrogen) atoms. The third-order valence-electron chi connectivity index (χ3n) is 22.6. The van der Waals surface area contributed by atoms with Crippen LogP contribution in [0, 0.1) is 5.92 Å². The molecule has 6 aromatic carbocycles. The van der Waals surface area contributed by atoms with Crippen molar-refractivity contribution in [2.24, 2.45) is 17.4 Å². The molecular formula is C85H94Cl2F3N11O29. The molecule has 8 aliphatic heterocycles. The van der Waals surface area contributed by atoms with E-state index >= 15 is 24.0 Å². The number of nitrogens with zero attached hydrogens (tertiary/aromatic N) is 1. The van der Waals surface area contributed by atoms with Crippen molar-refractivity contribution in [2.45, 2.75) is 200 Å². The van der Waals surface area contributed by atoms with Gasteiger partial charge in [0.05, 0.1) is 47.0 Å².